The lowest BCUT2D eigenvalue weighted by Gasteiger charge is -2.36. The zero-order valence-electron chi connectivity index (χ0n) is 15.5. The van der Waals surface area contributed by atoms with Gasteiger partial charge in [0.15, 0.2) is 0 Å². The predicted octanol–water partition coefficient (Wildman–Crippen LogP) is 3.11. The minimum atomic E-state index is -0.0856. The predicted molar refractivity (Wildman–Crippen MR) is 111 cm³/mol. The Morgan fingerprint density at radius 3 is 2.61 bits per heavy atom. The largest absolute Gasteiger partial charge is 0.356 e. The molecule has 0 saturated carbocycles. The highest BCUT2D eigenvalue weighted by atomic mass is 35.5. The molecule has 0 bridgehead atoms. The van der Waals surface area contributed by atoms with Crippen molar-refractivity contribution >= 4 is 35.8 Å². The molecule has 28 heavy (non-hydrogen) atoms. The smallest absolute Gasteiger partial charge is 0.270 e. The number of halogens is 2. The van der Waals surface area contributed by atoms with E-state index in [1.165, 1.54) is 0 Å². The van der Waals surface area contributed by atoms with Crippen molar-refractivity contribution in [1.82, 2.24) is 20.1 Å². The minimum absolute atomic E-state index is 0. The second kappa shape index (κ2) is 8.99. The number of likely N-dealkylation sites (tertiary alicyclic amines) is 1. The van der Waals surface area contributed by atoms with Crippen molar-refractivity contribution in [1.29, 1.82) is 0 Å². The first kappa shape index (κ1) is 20.7. The van der Waals surface area contributed by atoms with Crippen LogP contribution in [0, 0.1) is 0 Å². The Labute approximate surface area is 175 Å². The monoisotopic (exact) mass is 422 g/mol. The number of benzene rings is 1. The second-order valence-electron chi connectivity index (χ2n) is 7.07. The van der Waals surface area contributed by atoms with Crippen LogP contribution < -0.4 is 5.32 Å². The molecule has 2 aliphatic heterocycles. The van der Waals surface area contributed by atoms with Crippen LogP contribution in [0.2, 0.25) is 5.02 Å². The summed E-state index contributed by atoms with van der Waals surface area (Å²) in [6.45, 7) is 3.60. The van der Waals surface area contributed by atoms with Gasteiger partial charge in [-0.1, -0.05) is 23.7 Å². The van der Waals surface area contributed by atoms with Crippen LogP contribution >= 0.6 is 24.0 Å². The zero-order valence-corrected chi connectivity index (χ0v) is 17.1. The number of piperazine rings is 1. The molecule has 4 rings (SSSR count). The van der Waals surface area contributed by atoms with Gasteiger partial charge in [-0.05, 0) is 36.6 Å². The van der Waals surface area contributed by atoms with Crippen LogP contribution in [0.5, 0.6) is 0 Å². The SMILES string of the molecule is Cl.O=C(c1cc(C(=O)N2CCNCC2c2cccc(Cl)c2)c[nH]1)N1CCCC1. The third-order valence-electron chi connectivity index (χ3n) is 5.29. The summed E-state index contributed by atoms with van der Waals surface area (Å²) in [7, 11) is 0. The number of carbonyl (C=O) groups is 2. The van der Waals surface area contributed by atoms with E-state index >= 15 is 0 Å². The van der Waals surface area contributed by atoms with E-state index in [4.69, 9.17) is 11.6 Å². The van der Waals surface area contributed by atoms with E-state index in [9.17, 15) is 9.59 Å². The lowest BCUT2D eigenvalue weighted by atomic mass is 10.0. The molecule has 8 heteroatoms. The molecule has 2 fully saturated rings. The number of carbonyl (C=O) groups excluding carboxylic acids is 2. The summed E-state index contributed by atoms with van der Waals surface area (Å²) < 4.78 is 0. The van der Waals surface area contributed by atoms with E-state index in [0.717, 1.165) is 38.0 Å². The summed E-state index contributed by atoms with van der Waals surface area (Å²) in [5.74, 6) is -0.101. The Bertz CT molecular complexity index is 848. The molecule has 2 aliphatic rings. The maximum Gasteiger partial charge on any atom is 0.270 e. The molecule has 1 atom stereocenters. The van der Waals surface area contributed by atoms with Gasteiger partial charge in [-0.15, -0.1) is 12.4 Å². The Morgan fingerprint density at radius 2 is 1.86 bits per heavy atom. The summed E-state index contributed by atoms with van der Waals surface area (Å²) in [5, 5.41) is 4.00. The molecule has 0 aliphatic carbocycles. The Balaban J connectivity index is 0.00000225. The number of aromatic nitrogens is 1. The van der Waals surface area contributed by atoms with Gasteiger partial charge >= 0.3 is 0 Å². The first-order chi connectivity index (χ1) is 13.1. The van der Waals surface area contributed by atoms with E-state index in [2.05, 4.69) is 10.3 Å². The summed E-state index contributed by atoms with van der Waals surface area (Å²) in [6.07, 6.45) is 3.73. The third-order valence-corrected chi connectivity index (χ3v) is 5.53. The fourth-order valence-electron chi connectivity index (χ4n) is 3.86. The van der Waals surface area contributed by atoms with Gasteiger partial charge in [-0.2, -0.15) is 0 Å². The van der Waals surface area contributed by atoms with Crippen molar-refractivity contribution in [3.63, 3.8) is 0 Å². The van der Waals surface area contributed by atoms with E-state index in [1.54, 1.807) is 12.3 Å². The van der Waals surface area contributed by atoms with Gasteiger partial charge in [-0.25, -0.2) is 0 Å². The highest BCUT2D eigenvalue weighted by Gasteiger charge is 2.30. The molecule has 1 aromatic heterocycles. The van der Waals surface area contributed by atoms with Crippen molar-refractivity contribution in [3.05, 3.63) is 58.4 Å². The van der Waals surface area contributed by atoms with Gasteiger partial charge in [0.25, 0.3) is 11.8 Å². The van der Waals surface area contributed by atoms with E-state index in [1.807, 2.05) is 34.1 Å². The molecule has 1 aromatic carbocycles. The molecule has 1 unspecified atom stereocenters. The van der Waals surface area contributed by atoms with Crippen LogP contribution in [-0.2, 0) is 0 Å². The summed E-state index contributed by atoms with van der Waals surface area (Å²) >= 11 is 6.14. The second-order valence-corrected chi connectivity index (χ2v) is 7.51. The fraction of sp³-hybridized carbons (Fsp3) is 0.400. The zero-order chi connectivity index (χ0) is 18.8. The average Bonchev–Trinajstić information content (AvgIpc) is 3.39. The Hall–Kier alpha value is -2.02. The number of nitrogens with one attached hydrogen (secondary N) is 2. The molecule has 150 valence electrons. The molecule has 0 spiro atoms. The molecule has 6 nitrogen and oxygen atoms in total. The first-order valence-electron chi connectivity index (χ1n) is 9.38. The maximum atomic E-state index is 13.1. The van der Waals surface area contributed by atoms with Crippen LogP contribution in [0.4, 0.5) is 0 Å². The van der Waals surface area contributed by atoms with Crippen LogP contribution in [0.15, 0.2) is 36.5 Å². The lowest BCUT2D eigenvalue weighted by molar-refractivity contribution is 0.0634. The summed E-state index contributed by atoms with van der Waals surface area (Å²) in [5.41, 5.74) is 2.01. The molecule has 2 aromatic rings. The van der Waals surface area contributed by atoms with E-state index in [-0.39, 0.29) is 30.3 Å². The molecule has 2 amide bonds. The molecule has 0 radical (unpaired) electrons. The highest BCUT2D eigenvalue weighted by molar-refractivity contribution is 6.30. The summed E-state index contributed by atoms with van der Waals surface area (Å²) in [4.78, 5) is 32.4. The maximum absolute atomic E-state index is 13.1. The molecule has 2 saturated heterocycles. The van der Waals surface area contributed by atoms with Crippen molar-refractivity contribution in [2.45, 2.75) is 18.9 Å². The minimum Gasteiger partial charge on any atom is -0.356 e. The van der Waals surface area contributed by atoms with E-state index < -0.39 is 0 Å². The normalized spacial score (nSPS) is 19.4. The Kier molecular flexibility index (Phi) is 6.65. The van der Waals surface area contributed by atoms with Crippen LogP contribution in [0.3, 0.4) is 0 Å². The van der Waals surface area contributed by atoms with E-state index in [0.29, 0.717) is 29.4 Å². The molecular formula is C20H24Cl2N4O2. The average molecular weight is 423 g/mol. The van der Waals surface area contributed by atoms with Gasteiger partial charge in [0.2, 0.25) is 0 Å². The molecule has 3 heterocycles. The van der Waals surface area contributed by atoms with Crippen molar-refractivity contribution in [2.24, 2.45) is 0 Å². The van der Waals surface area contributed by atoms with Crippen molar-refractivity contribution in [3.8, 4) is 0 Å². The standard InChI is InChI=1S/C20H23ClN4O2.ClH/c21-16-5-3-4-14(10-16)18-13-22-6-9-25(18)19(26)15-11-17(23-12-15)20(27)24-7-1-2-8-24;/h3-5,10-12,18,22-23H,1-2,6-9,13H2;1H. The van der Waals surface area contributed by atoms with Crippen LogP contribution in [-0.4, -0.2) is 59.3 Å². The third kappa shape index (κ3) is 4.19. The van der Waals surface area contributed by atoms with Gasteiger partial charge in [-0.3, -0.25) is 9.59 Å². The van der Waals surface area contributed by atoms with Gasteiger partial charge in [0.05, 0.1) is 11.6 Å². The number of amides is 2. The van der Waals surface area contributed by atoms with Gasteiger partial charge in [0, 0.05) is 43.9 Å². The number of hydrogen-bond acceptors (Lipinski definition) is 3. The van der Waals surface area contributed by atoms with Gasteiger partial charge in [0.1, 0.15) is 5.69 Å². The molecular weight excluding hydrogens is 399 g/mol. The Morgan fingerprint density at radius 1 is 1.07 bits per heavy atom. The van der Waals surface area contributed by atoms with Crippen LogP contribution in [0.25, 0.3) is 0 Å². The lowest BCUT2D eigenvalue weighted by Crippen LogP contribution is -2.48. The number of hydrogen-bond donors (Lipinski definition) is 2. The number of rotatable bonds is 3. The quantitative estimate of drug-likeness (QED) is 0.797. The fourth-order valence-corrected chi connectivity index (χ4v) is 4.06. The van der Waals surface area contributed by atoms with Gasteiger partial charge < -0.3 is 20.1 Å². The highest BCUT2D eigenvalue weighted by Crippen LogP contribution is 2.26. The van der Waals surface area contributed by atoms with Crippen molar-refractivity contribution in [2.75, 3.05) is 32.7 Å². The first-order valence-corrected chi connectivity index (χ1v) is 9.76. The topological polar surface area (TPSA) is 68.4 Å². The molecule has 2 N–H and O–H groups in total. The number of H-pyrrole nitrogens is 1. The van der Waals surface area contributed by atoms with Crippen molar-refractivity contribution < 1.29 is 9.59 Å². The number of nitrogens with zero attached hydrogens (tertiary/aromatic N) is 2. The summed E-state index contributed by atoms with van der Waals surface area (Å²) in [6, 6.07) is 9.22. The van der Waals surface area contributed by atoms with Crippen LogP contribution in [0.1, 0.15) is 45.3 Å². The number of aromatic amines is 1.